The van der Waals surface area contributed by atoms with Gasteiger partial charge < -0.3 is 26.0 Å². The Labute approximate surface area is 99.5 Å². The molecule has 2 aliphatic heterocycles. The molecule has 0 spiro atoms. The van der Waals surface area contributed by atoms with E-state index in [2.05, 4.69) is 16.0 Å². The quantitative estimate of drug-likeness (QED) is 0.520. The van der Waals surface area contributed by atoms with Crippen LogP contribution in [0.5, 0.6) is 0 Å². The van der Waals surface area contributed by atoms with Crippen molar-refractivity contribution in [2.75, 3.05) is 26.2 Å². The average Bonchev–Trinajstić information content (AvgIpc) is 2.87. The molecule has 0 unspecified atom stereocenters. The molecular formula is C10H18N4O3. The van der Waals surface area contributed by atoms with Gasteiger partial charge in [-0.3, -0.25) is 0 Å². The minimum Gasteiger partial charge on any atom is -0.465 e. The van der Waals surface area contributed by atoms with Crippen molar-refractivity contribution in [1.82, 2.24) is 20.9 Å². The van der Waals surface area contributed by atoms with Crippen molar-refractivity contribution in [1.29, 1.82) is 0 Å². The van der Waals surface area contributed by atoms with Gasteiger partial charge in [0, 0.05) is 25.7 Å². The number of carbonyl (C=O) groups is 2. The highest BCUT2D eigenvalue weighted by molar-refractivity contribution is 5.75. The molecule has 2 saturated heterocycles. The highest BCUT2D eigenvalue weighted by atomic mass is 16.4. The molecule has 7 heteroatoms. The van der Waals surface area contributed by atoms with E-state index in [9.17, 15) is 9.59 Å². The molecule has 0 saturated carbocycles. The van der Waals surface area contributed by atoms with Gasteiger partial charge in [-0.1, -0.05) is 0 Å². The molecule has 2 atom stereocenters. The SMILES string of the molecule is O=C(O)N[C@@H]1CCN(C(=O)N[C@@H]2CCNC2)C1. The molecule has 0 aromatic carbocycles. The van der Waals surface area contributed by atoms with Gasteiger partial charge in [-0.25, -0.2) is 9.59 Å². The molecule has 0 bridgehead atoms. The van der Waals surface area contributed by atoms with Gasteiger partial charge >= 0.3 is 12.1 Å². The van der Waals surface area contributed by atoms with Crippen LogP contribution in [0.1, 0.15) is 12.8 Å². The molecule has 17 heavy (non-hydrogen) atoms. The summed E-state index contributed by atoms with van der Waals surface area (Å²) in [5, 5.41) is 17.1. The largest absolute Gasteiger partial charge is 0.465 e. The summed E-state index contributed by atoms with van der Waals surface area (Å²) in [6.07, 6.45) is 0.608. The van der Waals surface area contributed by atoms with Crippen LogP contribution in [0.3, 0.4) is 0 Å². The van der Waals surface area contributed by atoms with E-state index in [0.717, 1.165) is 19.5 Å². The second-order valence-electron chi connectivity index (χ2n) is 4.52. The Hall–Kier alpha value is -1.50. The summed E-state index contributed by atoms with van der Waals surface area (Å²) >= 11 is 0. The Morgan fingerprint density at radius 1 is 1.24 bits per heavy atom. The third-order valence-electron chi connectivity index (χ3n) is 3.19. The van der Waals surface area contributed by atoms with E-state index in [1.54, 1.807) is 4.90 Å². The van der Waals surface area contributed by atoms with Crippen LogP contribution in [-0.2, 0) is 0 Å². The first-order chi connectivity index (χ1) is 8.15. The monoisotopic (exact) mass is 242 g/mol. The Morgan fingerprint density at radius 2 is 2.06 bits per heavy atom. The number of hydrogen-bond acceptors (Lipinski definition) is 3. The maximum Gasteiger partial charge on any atom is 0.404 e. The molecule has 2 heterocycles. The lowest BCUT2D eigenvalue weighted by Crippen LogP contribution is -2.46. The van der Waals surface area contributed by atoms with Crippen molar-refractivity contribution < 1.29 is 14.7 Å². The van der Waals surface area contributed by atoms with Crippen LogP contribution in [-0.4, -0.2) is 60.4 Å². The van der Waals surface area contributed by atoms with E-state index in [1.165, 1.54) is 0 Å². The van der Waals surface area contributed by atoms with Gasteiger partial charge in [0.05, 0.1) is 6.04 Å². The first-order valence-corrected chi connectivity index (χ1v) is 5.91. The van der Waals surface area contributed by atoms with E-state index in [4.69, 9.17) is 5.11 Å². The number of rotatable bonds is 2. The third kappa shape index (κ3) is 3.23. The molecule has 0 aliphatic carbocycles. The van der Waals surface area contributed by atoms with Crippen LogP contribution in [0.15, 0.2) is 0 Å². The Bertz CT molecular complexity index is 304. The van der Waals surface area contributed by atoms with Crippen molar-refractivity contribution in [2.45, 2.75) is 24.9 Å². The fourth-order valence-corrected chi connectivity index (χ4v) is 2.28. The third-order valence-corrected chi connectivity index (χ3v) is 3.19. The minimum absolute atomic E-state index is 0.0895. The van der Waals surface area contributed by atoms with E-state index < -0.39 is 6.09 Å². The van der Waals surface area contributed by atoms with E-state index in [0.29, 0.717) is 19.5 Å². The lowest BCUT2D eigenvalue weighted by molar-refractivity contribution is 0.187. The van der Waals surface area contributed by atoms with Crippen LogP contribution in [0.25, 0.3) is 0 Å². The Balaban J connectivity index is 1.75. The second kappa shape index (κ2) is 5.22. The fraction of sp³-hybridized carbons (Fsp3) is 0.800. The van der Waals surface area contributed by atoms with Crippen LogP contribution in [0.4, 0.5) is 9.59 Å². The minimum atomic E-state index is -1.03. The first-order valence-electron chi connectivity index (χ1n) is 5.91. The van der Waals surface area contributed by atoms with Crippen molar-refractivity contribution in [3.8, 4) is 0 Å². The summed E-state index contributed by atoms with van der Waals surface area (Å²) in [4.78, 5) is 24.0. The highest BCUT2D eigenvalue weighted by Gasteiger charge is 2.28. The zero-order valence-electron chi connectivity index (χ0n) is 9.61. The Kier molecular flexibility index (Phi) is 3.68. The average molecular weight is 242 g/mol. The maximum absolute atomic E-state index is 11.8. The van der Waals surface area contributed by atoms with Crippen LogP contribution in [0, 0.1) is 0 Å². The number of amides is 3. The van der Waals surface area contributed by atoms with Crippen molar-refractivity contribution in [3.05, 3.63) is 0 Å². The van der Waals surface area contributed by atoms with Crippen LogP contribution >= 0.6 is 0 Å². The maximum atomic E-state index is 11.8. The summed E-state index contributed by atoms with van der Waals surface area (Å²) in [5.41, 5.74) is 0. The predicted octanol–water partition coefficient (Wildman–Crippen LogP) is -0.600. The van der Waals surface area contributed by atoms with Crippen molar-refractivity contribution in [2.24, 2.45) is 0 Å². The zero-order chi connectivity index (χ0) is 12.3. The van der Waals surface area contributed by atoms with Gasteiger partial charge in [0.15, 0.2) is 0 Å². The lowest BCUT2D eigenvalue weighted by Gasteiger charge is -2.20. The number of nitrogens with zero attached hydrogens (tertiary/aromatic N) is 1. The van der Waals surface area contributed by atoms with Gasteiger partial charge in [0.1, 0.15) is 0 Å². The summed E-state index contributed by atoms with van der Waals surface area (Å²) in [5.74, 6) is 0. The summed E-state index contributed by atoms with van der Waals surface area (Å²) in [6, 6.07) is -0.0256. The van der Waals surface area contributed by atoms with Crippen molar-refractivity contribution in [3.63, 3.8) is 0 Å². The molecule has 0 aromatic rings. The van der Waals surface area contributed by atoms with Gasteiger partial charge in [-0.2, -0.15) is 0 Å². The number of carbonyl (C=O) groups excluding carboxylic acids is 1. The summed E-state index contributed by atoms with van der Waals surface area (Å²) < 4.78 is 0. The molecule has 0 radical (unpaired) electrons. The fourth-order valence-electron chi connectivity index (χ4n) is 2.28. The van der Waals surface area contributed by atoms with E-state index in [1.807, 2.05) is 0 Å². The Morgan fingerprint density at radius 3 is 2.71 bits per heavy atom. The lowest BCUT2D eigenvalue weighted by atomic mass is 10.3. The topological polar surface area (TPSA) is 93.7 Å². The number of carboxylic acid groups (broad SMARTS) is 1. The van der Waals surface area contributed by atoms with Gasteiger partial charge in [0.25, 0.3) is 0 Å². The zero-order valence-corrected chi connectivity index (χ0v) is 9.61. The van der Waals surface area contributed by atoms with Crippen molar-refractivity contribution >= 4 is 12.1 Å². The van der Waals surface area contributed by atoms with Gasteiger partial charge in [-0.15, -0.1) is 0 Å². The van der Waals surface area contributed by atoms with E-state index in [-0.39, 0.29) is 18.1 Å². The summed E-state index contributed by atoms with van der Waals surface area (Å²) in [6.45, 7) is 2.82. The molecule has 96 valence electrons. The molecule has 0 aromatic heterocycles. The van der Waals surface area contributed by atoms with Gasteiger partial charge in [-0.05, 0) is 19.4 Å². The molecule has 2 rings (SSSR count). The van der Waals surface area contributed by atoms with Crippen LogP contribution < -0.4 is 16.0 Å². The number of urea groups is 1. The molecule has 3 amide bonds. The number of likely N-dealkylation sites (tertiary alicyclic amines) is 1. The molecular weight excluding hydrogens is 224 g/mol. The van der Waals surface area contributed by atoms with Gasteiger partial charge in [0.2, 0.25) is 0 Å². The molecule has 2 fully saturated rings. The second-order valence-corrected chi connectivity index (χ2v) is 4.52. The van der Waals surface area contributed by atoms with E-state index >= 15 is 0 Å². The molecule has 2 aliphatic rings. The number of hydrogen-bond donors (Lipinski definition) is 4. The number of nitrogens with one attached hydrogen (secondary N) is 3. The molecule has 7 nitrogen and oxygen atoms in total. The molecule has 4 N–H and O–H groups in total. The predicted molar refractivity (Wildman–Crippen MR) is 60.9 cm³/mol. The standard InChI is InChI=1S/C10H18N4O3/c15-9(12-7-1-3-11-5-7)14-4-2-8(6-14)13-10(16)17/h7-8,11,13H,1-6H2,(H,12,15)(H,16,17)/t7-,8-/m1/s1. The summed E-state index contributed by atoms with van der Waals surface area (Å²) in [7, 11) is 0. The first kappa shape index (κ1) is 12.0. The van der Waals surface area contributed by atoms with Crippen LogP contribution in [0.2, 0.25) is 0 Å². The normalized spacial score (nSPS) is 28.1. The smallest absolute Gasteiger partial charge is 0.404 e. The highest BCUT2D eigenvalue weighted by Crippen LogP contribution is 2.10.